The molecule has 1 saturated carbocycles. The normalized spacial score (nSPS) is 14.2. The molecule has 0 aliphatic heterocycles. The van der Waals surface area contributed by atoms with Gasteiger partial charge in [0.1, 0.15) is 0 Å². The summed E-state index contributed by atoms with van der Waals surface area (Å²) in [4.78, 5) is 23.6. The zero-order chi connectivity index (χ0) is 19.4. The van der Waals surface area contributed by atoms with Gasteiger partial charge in [-0.15, -0.1) is 0 Å². The smallest absolute Gasteiger partial charge is 0.326 e. The van der Waals surface area contributed by atoms with E-state index in [0.29, 0.717) is 16.9 Å². The minimum Gasteiger partial charge on any atom is -0.326 e. The Morgan fingerprint density at radius 3 is 1.96 bits per heavy atom. The topological polar surface area (TPSA) is 58.2 Å². The van der Waals surface area contributed by atoms with Crippen molar-refractivity contribution in [1.29, 1.82) is 0 Å². The second-order valence-corrected chi connectivity index (χ2v) is 6.28. The molecule has 0 spiro atoms. The average Bonchev–Trinajstić information content (AvgIpc) is 3.46. The fourth-order valence-electron chi connectivity index (χ4n) is 2.37. The molecule has 7 heteroatoms. The van der Waals surface area contributed by atoms with Crippen molar-refractivity contribution in [1.82, 2.24) is 0 Å². The molecule has 0 radical (unpaired) electrons. The van der Waals surface area contributed by atoms with Gasteiger partial charge in [0, 0.05) is 23.4 Å². The Morgan fingerprint density at radius 2 is 1.44 bits per heavy atom. The molecule has 2 amide bonds. The van der Waals surface area contributed by atoms with Crippen LogP contribution in [0.3, 0.4) is 0 Å². The third-order valence-corrected chi connectivity index (χ3v) is 4.03. The Hall–Kier alpha value is -3.09. The van der Waals surface area contributed by atoms with E-state index in [9.17, 15) is 22.8 Å². The average molecular weight is 374 g/mol. The van der Waals surface area contributed by atoms with Crippen molar-refractivity contribution in [3.8, 4) is 0 Å². The zero-order valence-electron chi connectivity index (χ0n) is 14.2. The van der Waals surface area contributed by atoms with Crippen LogP contribution in [0.15, 0.2) is 54.6 Å². The molecule has 4 nitrogen and oxygen atoms in total. The number of rotatable bonds is 5. The molecule has 0 aromatic heterocycles. The van der Waals surface area contributed by atoms with Crippen LogP contribution in [0.4, 0.5) is 24.5 Å². The minimum atomic E-state index is -4.39. The number of alkyl halides is 3. The van der Waals surface area contributed by atoms with Crippen molar-refractivity contribution in [2.45, 2.75) is 19.0 Å². The van der Waals surface area contributed by atoms with E-state index in [1.165, 1.54) is 24.3 Å². The molecule has 2 aromatic carbocycles. The summed E-state index contributed by atoms with van der Waals surface area (Å²) in [5, 5.41) is 5.45. The summed E-state index contributed by atoms with van der Waals surface area (Å²) in [5.74, 6) is -0.296. The molecule has 0 bridgehead atoms. The maximum absolute atomic E-state index is 12.5. The highest BCUT2D eigenvalue weighted by Crippen LogP contribution is 2.30. The first-order valence-corrected chi connectivity index (χ1v) is 8.38. The van der Waals surface area contributed by atoms with Crippen molar-refractivity contribution in [3.63, 3.8) is 0 Å². The summed E-state index contributed by atoms with van der Waals surface area (Å²) in [6.07, 6.45) is 0.130. The fraction of sp³-hybridized carbons (Fsp3) is 0.200. The largest absolute Gasteiger partial charge is 0.416 e. The first-order valence-electron chi connectivity index (χ1n) is 8.38. The van der Waals surface area contributed by atoms with Gasteiger partial charge in [-0.1, -0.05) is 12.1 Å². The van der Waals surface area contributed by atoms with E-state index < -0.39 is 17.6 Å². The summed E-state index contributed by atoms with van der Waals surface area (Å²) in [7, 11) is 0. The van der Waals surface area contributed by atoms with Gasteiger partial charge in [-0.05, 0) is 60.9 Å². The first kappa shape index (κ1) is 18.7. The molecule has 1 fully saturated rings. The van der Waals surface area contributed by atoms with Crippen LogP contribution in [0.25, 0.3) is 6.08 Å². The highest BCUT2D eigenvalue weighted by Gasteiger charge is 2.30. The van der Waals surface area contributed by atoms with Crippen molar-refractivity contribution in [2.24, 2.45) is 5.92 Å². The van der Waals surface area contributed by atoms with E-state index in [4.69, 9.17) is 0 Å². The van der Waals surface area contributed by atoms with Crippen LogP contribution in [0.1, 0.15) is 24.0 Å². The molecule has 2 aromatic rings. The van der Waals surface area contributed by atoms with Crippen LogP contribution < -0.4 is 10.6 Å². The number of nitrogens with one attached hydrogen (secondary N) is 2. The second-order valence-electron chi connectivity index (χ2n) is 6.28. The lowest BCUT2D eigenvalue weighted by Crippen LogP contribution is -2.13. The van der Waals surface area contributed by atoms with E-state index in [1.54, 1.807) is 24.3 Å². The third kappa shape index (κ3) is 5.44. The number of halogens is 3. The second kappa shape index (κ2) is 7.65. The van der Waals surface area contributed by atoms with E-state index in [-0.39, 0.29) is 11.8 Å². The van der Waals surface area contributed by atoms with Gasteiger partial charge in [-0.2, -0.15) is 13.2 Å². The van der Waals surface area contributed by atoms with Crippen molar-refractivity contribution >= 4 is 29.3 Å². The number of anilines is 2. The van der Waals surface area contributed by atoms with Gasteiger partial charge in [0.15, 0.2) is 0 Å². The molecular formula is C20H17F3N2O2. The molecule has 0 atom stereocenters. The molecule has 0 heterocycles. The fourth-order valence-corrected chi connectivity index (χ4v) is 2.37. The predicted molar refractivity (Wildman–Crippen MR) is 96.9 cm³/mol. The zero-order valence-corrected chi connectivity index (χ0v) is 14.2. The van der Waals surface area contributed by atoms with Gasteiger partial charge < -0.3 is 10.6 Å². The maximum Gasteiger partial charge on any atom is 0.416 e. The number of carbonyl (C=O) groups excluding carboxylic acids is 2. The predicted octanol–water partition coefficient (Wildman–Crippen LogP) is 4.71. The summed E-state index contributed by atoms with van der Waals surface area (Å²) >= 11 is 0. The number of hydrogen-bond acceptors (Lipinski definition) is 2. The van der Waals surface area contributed by atoms with E-state index in [1.807, 2.05) is 0 Å². The number of carbonyl (C=O) groups is 2. The van der Waals surface area contributed by atoms with Crippen LogP contribution in [-0.4, -0.2) is 11.8 Å². The molecule has 0 saturated heterocycles. The lowest BCUT2D eigenvalue weighted by Gasteiger charge is -2.07. The third-order valence-electron chi connectivity index (χ3n) is 4.03. The molecule has 3 rings (SSSR count). The molecule has 0 unspecified atom stereocenters. The molecule has 1 aliphatic rings. The van der Waals surface area contributed by atoms with Crippen molar-refractivity contribution in [2.75, 3.05) is 10.6 Å². The van der Waals surface area contributed by atoms with Gasteiger partial charge in [0.25, 0.3) is 0 Å². The Balaban J connectivity index is 1.53. The quantitative estimate of drug-likeness (QED) is 0.745. The van der Waals surface area contributed by atoms with Gasteiger partial charge >= 0.3 is 6.18 Å². The Labute approximate surface area is 154 Å². The van der Waals surface area contributed by atoms with Gasteiger partial charge in [-0.25, -0.2) is 0 Å². The summed E-state index contributed by atoms with van der Waals surface area (Å²) in [5.41, 5.74) is 0.945. The number of amides is 2. The molecule has 1 aliphatic carbocycles. The first-order chi connectivity index (χ1) is 12.8. The van der Waals surface area contributed by atoms with Crippen molar-refractivity contribution in [3.05, 3.63) is 65.7 Å². The van der Waals surface area contributed by atoms with Crippen LogP contribution in [-0.2, 0) is 15.8 Å². The van der Waals surface area contributed by atoms with Gasteiger partial charge in [-0.3, -0.25) is 9.59 Å². The van der Waals surface area contributed by atoms with E-state index in [0.717, 1.165) is 25.0 Å². The van der Waals surface area contributed by atoms with Crippen LogP contribution >= 0.6 is 0 Å². The van der Waals surface area contributed by atoms with Crippen LogP contribution in [0, 0.1) is 5.92 Å². The Morgan fingerprint density at radius 1 is 0.889 bits per heavy atom. The summed E-state index contributed by atoms with van der Waals surface area (Å²) in [6.45, 7) is 0. The minimum absolute atomic E-state index is 0.00580. The van der Waals surface area contributed by atoms with E-state index >= 15 is 0 Å². The lowest BCUT2D eigenvalue weighted by atomic mass is 10.1. The SMILES string of the molecule is O=C(/C=C/c1ccc(C(F)(F)F)cc1)Nc1ccc(NC(=O)C2CC2)cc1. The summed E-state index contributed by atoms with van der Waals surface area (Å²) < 4.78 is 37.5. The number of benzene rings is 2. The van der Waals surface area contributed by atoms with Gasteiger partial charge in [0.2, 0.25) is 11.8 Å². The highest BCUT2D eigenvalue weighted by atomic mass is 19.4. The maximum atomic E-state index is 12.5. The molecule has 27 heavy (non-hydrogen) atoms. The molecule has 2 N–H and O–H groups in total. The molecule has 140 valence electrons. The summed E-state index contributed by atoms with van der Waals surface area (Å²) in [6, 6.07) is 11.2. The standard InChI is InChI=1S/C20H17F3N2O2/c21-20(22,23)15-6-1-13(2-7-15)3-12-18(26)24-16-8-10-17(11-9-16)25-19(27)14-4-5-14/h1-3,6-12,14H,4-5H2,(H,24,26)(H,25,27)/b12-3+. The highest BCUT2D eigenvalue weighted by molar-refractivity contribution is 6.02. The number of hydrogen-bond donors (Lipinski definition) is 2. The lowest BCUT2D eigenvalue weighted by molar-refractivity contribution is -0.137. The van der Waals surface area contributed by atoms with E-state index in [2.05, 4.69) is 10.6 Å². The Bertz CT molecular complexity index is 852. The van der Waals surface area contributed by atoms with Crippen molar-refractivity contribution < 1.29 is 22.8 Å². The van der Waals surface area contributed by atoms with Crippen LogP contribution in [0.5, 0.6) is 0 Å². The van der Waals surface area contributed by atoms with Gasteiger partial charge in [0.05, 0.1) is 5.56 Å². The monoisotopic (exact) mass is 374 g/mol. The molecular weight excluding hydrogens is 357 g/mol. The van der Waals surface area contributed by atoms with Crippen LogP contribution in [0.2, 0.25) is 0 Å². The Kier molecular flexibility index (Phi) is 5.30.